The number of nitrogens with two attached hydrogens (primary N) is 1. The van der Waals surface area contributed by atoms with Gasteiger partial charge in [0.25, 0.3) is 0 Å². The van der Waals surface area contributed by atoms with Gasteiger partial charge in [-0.2, -0.15) is 0 Å². The van der Waals surface area contributed by atoms with E-state index in [0.717, 1.165) is 16.5 Å². The van der Waals surface area contributed by atoms with Crippen molar-refractivity contribution < 1.29 is 14.6 Å². The molecule has 1 atom stereocenters. The number of rotatable bonds is 4. The van der Waals surface area contributed by atoms with E-state index in [4.69, 9.17) is 15.6 Å². The summed E-state index contributed by atoms with van der Waals surface area (Å²) < 4.78 is 5.51. The van der Waals surface area contributed by atoms with Crippen molar-refractivity contribution in [2.45, 2.75) is 13.0 Å². The van der Waals surface area contributed by atoms with Crippen molar-refractivity contribution >= 4 is 29.1 Å². The molecule has 0 amide bonds. The first-order valence-corrected chi connectivity index (χ1v) is 5.72. The molecule has 0 aromatic heterocycles. The van der Waals surface area contributed by atoms with Crippen LogP contribution < -0.4 is 10.5 Å². The molecule has 3 N–H and O–H groups in total. The fourth-order valence-electron chi connectivity index (χ4n) is 1.67. The van der Waals surface area contributed by atoms with Gasteiger partial charge >= 0.3 is 5.97 Å². The Bertz CT molecular complexity index is 584. The summed E-state index contributed by atoms with van der Waals surface area (Å²) in [5, 5.41) is 10.7. The largest absolute Gasteiger partial charge is 0.492 e. The minimum Gasteiger partial charge on any atom is -0.492 e. The molecule has 0 saturated carbocycles. The van der Waals surface area contributed by atoms with Crippen LogP contribution in [0.15, 0.2) is 36.4 Å². The number of ether oxygens (including phenoxy) is 1. The standard InChI is InChI=1S/C14H15NO3.ClH/c1-9(15)8-18-13-5-4-10-6-12(14(16)17)3-2-11(10)7-13;/h2-7,9H,8,15H2,1H3,(H,16,17);1H. The molecule has 0 spiro atoms. The van der Waals surface area contributed by atoms with E-state index < -0.39 is 5.97 Å². The normalized spacial score (nSPS) is 11.7. The lowest BCUT2D eigenvalue weighted by Crippen LogP contribution is -2.23. The molecule has 102 valence electrons. The summed E-state index contributed by atoms with van der Waals surface area (Å²) in [6.45, 7) is 2.33. The quantitative estimate of drug-likeness (QED) is 0.904. The summed E-state index contributed by atoms with van der Waals surface area (Å²) >= 11 is 0. The number of carbonyl (C=O) groups is 1. The van der Waals surface area contributed by atoms with Crippen LogP contribution in [-0.2, 0) is 0 Å². The Morgan fingerprint density at radius 1 is 1.26 bits per heavy atom. The van der Waals surface area contributed by atoms with E-state index in [9.17, 15) is 4.79 Å². The Morgan fingerprint density at radius 3 is 2.53 bits per heavy atom. The molecular weight excluding hydrogens is 266 g/mol. The second-order valence-electron chi connectivity index (χ2n) is 4.32. The van der Waals surface area contributed by atoms with Crippen LogP contribution in [0.5, 0.6) is 5.75 Å². The number of aromatic carboxylic acids is 1. The number of hydrogen-bond donors (Lipinski definition) is 2. The summed E-state index contributed by atoms with van der Waals surface area (Å²) in [7, 11) is 0. The van der Waals surface area contributed by atoms with E-state index in [1.165, 1.54) is 0 Å². The zero-order valence-corrected chi connectivity index (χ0v) is 11.3. The first-order valence-electron chi connectivity index (χ1n) is 5.72. The average molecular weight is 282 g/mol. The molecule has 1 unspecified atom stereocenters. The van der Waals surface area contributed by atoms with Crippen molar-refractivity contribution in [2.24, 2.45) is 5.73 Å². The van der Waals surface area contributed by atoms with Gasteiger partial charge in [-0.25, -0.2) is 4.79 Å². The van der Waals surface area contributed by atoms with Gasteiger partial charge in [0.15, 0.2) is 0 Å². The van der Waals surface area contributed by atoms with Gasteiger partial charge in [-0.15, -0.1) is 12.4 Å². The molecule has 0 saturated heterocycles. The van der Waals surface area contributed by atoms with Gasteiger partial charge in [-0.1, -0.05) is 12.1 Å². The van der Waals surface area contributed by atoms with E-state index in [0.29, 0.717) is 6.61 Å². The van der Waals surface area contributed by atoms with Crippen molar-refractivity contribution in [1.29, 1.82) is 0 Å². The number of benzene rings is 2. The van der Waals surface area contributed by atoms with Crippen molar-refractivity contribution in [3.05, 3.63) is 42.0 Å². The Labute approximate surface area is 117 Å². The summed E-state index contributed by atoms with van der Waals surface area (Å²) in [5.74, 6) is -0.183. The molecule has 0 radical (unpaired) electrons. The van der Waals surface area contributed by atoms with Crippen LogP contribution in [0.4, 0.5) is 0 Å². The smallest absolute Gasteiger partial charge is 0.335 e. The number of carboxylic acids is 1. The fourth-order valence-corrected chi connectivity index (χ4v) is 1.67. The van der Waals surface area contributed by atoms with Crippen LogP contribution in [0.1, 0.15) is 17.3 Å². The van der Waals surface area contributed by atoms with Crippen LogP contribution >= 0.6 is 12.4 Å². The zero-order valence-electron chi connectivity index (χ0n) is 10.5. The van der Waals surface area contributed by atoms with Crippen LogP contribution in [-0.4, -0.2) is 23.7 Å². The molecule has 4 nitrogen and oxygen atoms in total. The number of halogens is 1. The average Bonchev–Trinajstić information content (AvgIpc) is 2.35. The van der Waals surface area contributed by atoms with Crippen molar-refractivity contribution in [2.75, 3.05) is 6.61 Å². The SMILES string of the molecule is CC(N)COc1ccc2cc(C(=O)O)ccc2c1.Cl. The van der Waals surface area contributed by atoms with Crippen molar-refractivity contribution in [1.82, 2.24) is 0 Å². The maximum absolute atomic E-state index is 10.9. The van der Waals surface area contributed by atoms with Gasteiger partial charge in [-0.3, -0.25) is 0 Å². The van der Waals surface area contributed by atoms with Gasteiger partial charge in [-0.05, 0) is 42.0 Å². The Morgan fingerprint density at radius 2 is 1.89 bits per heavy atom. The fraction of sp³-hybridized carbons (Fsp3) is 0.214. The second kappa shape index (κ2) is 6.41. The van der Waals surface area contributed by atoms with Crippen LogP contribution in [0, 0.1) is 0 Å². The molecule has 0 aliphatic carbocycles. The molecule has 2 aromatic rings. The van der Waals surface area contributed by atoms with Crippen LogP contribution in [0.3, 0.4) is 0 Å². The highest BCUT2D eigenvalue weighted by Gasteiger charge is 2.04. The van der Waals surface area contributed by atoms with E-state index in [1.807, 2.05) is 25.1 Å². The van der Waals surface area contributed by atoms with Gasteiger partial charge in [0.2, 0.25) is 0 Å². The highest BCUT2D eigenvalue weighted by molar-refractivity contribution is 5.94. The highest BCUT2D eigenvalue weighted by Crippen LogP contribution is 2.22. The second-order valence-corrected chi connectivity index (χ2v) is 4.32. The Hall–Kier alpha value is -1.78. The van der Waals surface area contributed by atoms with E-state index >= 15 is 0 Å². The van der Waals surface area contributed by atoms with Gasteiger partial charge in [0.1, 0.15) is 12.4 Å². The van der Waals surface area contributed by atoms with Crippen molar-refractivity contribution in [3.63, 3.8) is 0 Å². The topological polar surface area (TPSA) is 72.5 Å². The molecule has 0 heterocycles. The van der Waals surface area contributed by atoms with E-state index in [1.54, 1.807) is 18.2 Å². The lowest BCUT2D eigenvalue weighted by atomic mass is 10.1. The molecule has 2 aromatic carbocycles. The maximum atomic E-state index is 10.9. The Balaban J connectivity index is 0.00000180. The molecule has 0 fully saturated rings. The molecular formula is C14H16ClNO3. The van der Waals surface area contributed by atoms with Gasteiger partial charge in [0, 0.05) is 6.04 Å². The zero-order chi connectivity index (χ0) is 13.1. The van der Waals surface area contributed by atoms with Gasteiger partial charge < -0.3 is 15.6 Å². The molecule has 5 heteroatoms. The molecule has 0 bridgehead atoms. The van der Waals surface area contributed by atoms with Crippen molar-refractivity contribution in [3.8, 4) is 5.75 Å². The highest BCUT2D eigenvalue weighted by atomic mass is 35.5. The molecule has 2 rings (SSSR count). The summed E-state index contributed by atoms with van der Waals surface area (Å²) in [6, 6.07) is 10.5. The predicted octanol–water partition coefficient (Wildman–Crippen LogP) is 2.69. The lowest BCUT2D eigenvalue weighted by Gasteiger charge is -2.09. The first-order chi connectivity index (χ1) is 8.56. The molecule has 19 heavy (non-hydrogen) atoms. The lowest BCUT2D eigenvalue weighted by molar-refractivity contribution is 0.0697. The van der Waals surface area contributed by atoms with Gasteiger partial charge in [0.05, 0.1) is 5.56 Å². The Kier molecular flexibility index (Phi) is 5.15. The van der Waals surface area contributed by atoms with E-state index in [-0.39, 0.29) is 24.0 Å². The third-order valence-corrected chi connectivity index (χ3v) is 2.57. The summed E-state index contributed by atoms with van der Waals surface area (Å²) in [6.07, 6.45) is 0. The monoisotopic (exact) mass is 281 g/mol. The number of hydrogen-bond acceptors (Lipinski definition) is 3. The summed E-state index contributed by atoms with van der Waals surface area (Å²) in [5.41, 5.74) is 5.90. The maximum Gasteiger partial charge on any atom is 0.335 e. The van der Waals surface area contributed by atoms with Crippen LogP contribution in [0.25, 0.3) is 10.8 Å². The third-order valence-electron chi connectivity index (χ3n) is 2.57. The van der Waals surface area contributed by atoms with Crippen LogP contribution in [0.2, 0.25) is 0 Å². The minimum absolute atomic E-state index is 0. The molecule has 0 aliphatic rings. The number of carboxylic acid groups (broad SMARTS) is 1. The minimum atomic E-state index is -0.922. The summed E-state index contributed by atoms with van der Waals surface area (Å²) in [4.78, 5) is 10.9. The number of fused-ring (bicyclic) bond motifs is 1. The van der Waals surface area contributed by atoms with E-state index in [2.05, 4.69) is 0 Å². The third kappa shape index (κ3) is 3.84. The molecule has 0 aliphatic heterocycles. The predicted molar refractivity (Wildman–Crippen MR) is 77.3 cm³/mol. The first kappa shape index (κ1) is 15.3.